The fourth-order valence-corrected chi connectivity index (χ4v) is 23.3. The zero-order valence-corrected chi connectivity index (χ0v) is 75.0. The van der Waals surface area contributed by atoms with Crippen LogP contribution in [0.25, 0.3) is 251 Å². The summed E-state index contributed by atoms with van der Waals surface area (Å²) in [6.07, 6.45) is 0. The van der Waals surface area contributed by atoms with Crippen molar-refractivity contribution < 1.29 is 0 Å². The molecule has 0 radical (unpaired) electrons. The average molecular weight is 1700 g/mol. The standard InChI is InChI=1S/C53H36.C43H30.C38H24/c1-53(2)49-30-40(39-22-19-33-11-3-6-14-36(33)27-39)25-26-43(49)46-31-47-48(32-50(46)53)52(42-24-21-35-13-5-8-16-38(35)29-42)45-18-10-9-17-44(45)51(47)41-23-20-34-12-4-7-15-37(34)28-41;1-43(2)39-18-10-9-15-33(39)36-25-37-38(26-40(36)43)42(32-22-20-28-12-4-6-14-30(28)24-32)35-17-8-7-16-34(35)41(37)31-21-19-27-11-3-5-13-29(27)23-31;1-3-10-25(11-4-1)30-19-18-28-24-36(27-12-5-2-6-13-27)35-21-20-32(34-23-22-33(30)37(28)38(34)35)31-17-9-15-26-14-7-8-16-29(26)31/h3-32H,1-2H3;3-26H,1-2H3;1-24H. The lowest BCUT2D eigenvalue weighted by Crippen LogP contribution is -2.15. The Bertz CT molecular complexity index is 9360. The molecule has 2 aliphatic carbocycles. The zero-order valence-electron chi connectivity index (χ0n) is 75.0. The maximum Gasteiger partial charge on any atom is 0.0159 e. The minimum atomic E-state index is -0.179. The first-order valence-corrected chi connectivity index (χ1v) is 47.1. The molecule has 0 aromatic heterocycles. The summed E-state index contributed by atoms with van der Waals surface area (Å²) in [5, 5.41) is 33.5. The highest BCUT2D eigenvalue weighted by molar-refractivity contribution is 6.32. The molecule has 0 bridgehead atoms. The minimum Gasteiger partial charge on any atom is -0.0622 e. The van der Waals surface area contributed by atoms with Crippen molar-refractivity contribution in [1.29, 1.82) is 0 Å². The zero-order chi connectivity index (χ0) is 89.0. The Morgan fingerprint density at radius 2 is 0.410 bits per heavy atom. The number of hydrogen-bond acceptors (Lipinski definition) is 0. The van der Waals surface area contributed by atoms with Crippen molar-refractivity contribution in [2.45, 2.75) is 38.5 Å². The van der Waals surface area contributed by atoms with E-state index in [9.17, 15) is 0 Å². The van der Waals surface area contributed by atoms with Gasteiger partial charge in [0.25, 0.3) is 0 Å². The molecule has 626 valence electrons. The van der Waals surface area contributed by atoms with Crippen LogP contribution in [0.4, 0.5) is 0 Å². The molecule has 0 amide bonds. The summed E-state index contributed by atoms with van der Waals surface area (Å²) >= 11 is 0. The van der Waals surface area contributed by atoms with Crippen LogP contribution in [0, 0.1) is 0 Å². The first-order chi connectivity index (χ1) is 65.9. The van der Waals surface area contributed by atoms with E-state index in [1.165, 1.54) is 274 Å². The lowest BCUT2D eigenvalue weighted by Gasteiger charge is -2.24. The molecule has 26 aromatic carbocycles. The summed E-state index contributed by atoms with van der Waals surface area (Å²) < 4.78 is 0. The van der Waals surface area contributed by atoms with Gasteiger partial charge in [-0.25, -0.2) is 0 Å². The van der Waals surface area contributed by atoms with Gasteiger partial charge in [-0.1, -0.05) is 434 Å². The fourth-order valence-electron chi connectivity index (χ4n) is 23.3. The summed E-state index contributed by atoms with van der Waals surface area (Å²) in [6, 6.07) is 176. The summed E-state index contributed by atoms with van der Waals surface area (Å²) in [7, 11) is 0. The van der Waals surface area contributed by atoms with Gasteiger partial charge in [-0.05, 0) is 340 Å². The van der Waals surface area contributed by atoms with Gasteiger partial charge in [0.1, 0.15) is 0 Å². The van der Waals surface area contributed by atoms with Crippen molar-refractivity contribution in [3.8, 4) is 111 Å². The normalized spacial score (nSPS) is 12.9. The van der Waals surface area contributed by atoms with Crippen LogP contribution in [0.15, 0.2) is 473 Å². The minimum absolute atomic E-state index is 0.0739. The predicted octanol–water partition coefficient (Wildman–Crippen LogP) is 37.4. The Balaban J connectivity index is 0.000000106. The molecule has 2 aliphatic rings. The average Bonchev–Trinajstić information content (AvgIpc) is 1.43. The topological polar surface area (TPSA) is 0 Å². The largest absolute Gasteiger partial charge is 0.0622 e. The van der Waals surface area contributed by atoms with E-state index in [1.807, 2.05) is 0 Å². The molecule has 134 heavy (non-hydrogen) atoms. The smallest absolute Gasteiger partial charge is 0.0159 e. The predicted molar refractivity (Wildman–Crippen MR) is 577 cm³/mol. The molecule has 0 heterocycles. The fraction of sp³-hybridized carbons (Fsp3) is 0.0448. The Hall–Kier alpha value is -16.6. The molecule has 0 saturated carbocycles. The Morgan fingerprint density at radius 3 is 0.888 bits per heavy atom. The van der Waals surface area contributed by atoms with Gasteiger partial charge in [-0.15, -0.1) is 0 Å². The number of benzene rings is 26. The van der Waals surface area contributed by atoms with Crippen LogP contribution in [0.2, 0.25) is 0 Å². The van der Waals surface area contributed by atoms with Gasteiger partial charge in [0.05, 0.1) is 0 Å². The molecule has 28 rings (SSSR count). The van der Waals surface area contributed by atoms with Gasteiger partial charge in [0.15, 0.2) is 0 Å². The van der Waals surface area contributed by atoms with Crippen LogP contribution in [0.3, 0.4) is 0 Å². The second-order valence-electron chi connectivity index (χ2n) is 37.9. The summed E-state index contributed by atoms with van der Waals surface area (Å²) in [5.74, 6) is 0. The van der Waals surface area contributed by atoms with Gasteiger partial charge in [0, 0.05) is 10.8 Å². The third-order valence-electron chi connectivity index (χ3n) is 29.8. The second kappa shape index (κ2) is 31.0. The Labute approximate surface area is 779 Å². The van der Waals surface area contributed by atoms with Crippen LogP contribution >= 0.6 is 0 Å². The highest BCUT2D eigenvalue weighted by Gasteiger charge is 2.39. The van der Waals surface area contributed by atoms with Crippen LogP contribution in [-0.2, 0) is 10.8 Å². The van der Waals surface area contributed by atoms with E-state index in [1.54, 1.807) is 0 Å². The van der Waals surface area contributed by atoms with Crippen molar-refractivity contribution in [2.75, 3.05) is 0 Å². The highest BCUT2D eigenvalue weighted by atomic mass is 14.4. The summed E-state index contributed by atoms with van der Waals surface area (Å²) in [6.45, 7) is 9.58. The third-order valence-corrected chi connectivity index (χ3v) is 29.8. The van der Waals surface area contributed by atoms with Gasteiger partial charge in [-0.3, -0.25) is 0 Å². The van der Waals surface area contributed by atoms with Crippen LogP contribution in [0.1, 0.15) is 49.9 Å². The number of fused-ring (bicyclic) bond motifs is 16. The van der Waals surface area contributed by atoms with E-state index in [4.69, 9.17) is 0 Å². The number of rotatable bonds is 8. The van der Waals surface area contributed by atoms with Gasteiger partial charge >= 0.3 is 0 Å². The van der Waals surface area contributed by atoms with Crippen molar-refractivity contribution in [1.82, 2.24) is 0 Å². The molecular weight excluding hydrogens is 1610 g/mol. The van der Waals surface area contributed by atoms with E-state index in [2.05, 4.69) is 501 Å². The van der Waals surface area contributed by atoms with Crippen molar-refractivity contribution in [2.24, 2.45) is 0 Å². The third kappa shape index (κ3) is 12.6. The van der Waals surface area contributed by atoms with Gasteiger partial charge in [0.2, 0.25) is 0 Å². The Kier molecular flexibility index (Phi) is 18.2. The lowest BCUT2D eigenvalue weighted by atomic mass is 9.79. The van der Waals surface area contributed by atoms with Crippen molar-refractivity contribution in [3.63, 3.8) is 0 Å². The van der Waals surface area contributed by atoms with Crippen molar-refractivity contribution >= 4 is 140 Å². The van der Waals surface area contributed by atoms with E-state index >= 15 is 0 Å². The molecule has 0 fully saturated rings. The van der Waals surface area contributed by atoms with E-state index < -0.39 is 0 Å². The van der Waals surface area contributed by atoms with Crippen molar-refractivity contribution in [3.05, 3.63) is 495 Å². The molecule has 0 spiro atoms. The highest BCUT2D eigenvalue weighted by Crippen LogP contribution is 2.58. The molecule has 0 aliphatic heterocycles. The van der Waals surface area contributed by atoms with Crippen LogP contribution < -0.4 is 0 Å². The summed E-state index contributed by atoms with van der Waals surface area (Å²) in [4.78, 5) is 0. The second-order valence-corrected chi connectivity index (χ2v) is 37.9. The van der Waals surface area contributed by atoms with E-state index in [0.29, 0.717) is 0 Å². The first-order valence-electron chi connectivity index (χ1n) is 47.1. The molecule has 0 N–H and O–H groups in total. The molecular formula is C134H90. The lowest BCUT2D eigenvalue weighted by molar-refractivity contribution is 0.661. The quantitative estimate of drug-likeness (QED) is 0.105. The molecule has 0 unspecified atom stereocenters. The maximum atomic E-state index is 2.54. The molecule has 0 nitrogen and oxygen atoms in total. The molecule has 0 atom stereocenters. The molecule has 0 heteroatoms. The Morgan fingerprint density at radius 1 is 0.119 bits per heavy atom. The maximum absolute atomic E-state index is 2.54. The summed E-state index contributed by atoms with van der Waals surface area (Å²) in [5.41, 5.74) is 31.1. The first kappa shape index (κ1) is 78.4. The SMILES string of the molecule is CC1(C)c2cc(-c3ccc4ccccc4c3)ccc2-c2cc3c(-c4ccc5ccccc5c4)c4ccccc4c(-c4ccc5ccccc5c4)c3cc21.CC1(C)c2ccccc2-c2cc3c(-c4ccc5ccccc5c4)c4ccccc4c(-c4ccc5ccccc5c4)c3cc21.c1ccc(-c2ccc3cc(-c4ccccc4)c4ccc(-c5cccc6ccccc56)c5ccc2c3c45)cc1. The van der Waals surface area contributed by atoms with E-state index in [-0.39, 0.29) is 10.8 Å². The molecule has 26 aromatic rings. The van der Waals surface area contributed by atoms with E-state index in [0.717, 1.165) is 0 Å². The number of hydrogen-bond donors (Lipinski definition) is 0. The van der Waals surface area contributed by atoms with Gasteiger partial charge in [-0.2, -0.15) is 0 Å². The molecule has 0 saturated heterocycles. The monoisotopic (exact) mass is 1700 g/mol. The van der Waals surface area contributed by atoms with Crippen LogP contribution in [0.5, 0.6) is 0 Å². The van der Waals surface area contributed by atoms with Gasteiger partial charge < -0.3 is 0 Å². The van der Waals surface area contributed by atoms with Crippen LogP contribution in [-0.4, -0.2) is 0 Å².